The van der Waals surface area contributed by atoms with Crippen LogP contribution in [0.15, 0.2) is 30.3 Å². The molecule has 2 atom stereocenters. The molecule has 0 radical (unpaired) electrons. The van der Waals surface area contributed by atoms with Crippen LogP contribution in [0.25, 0.3) is 0 Å². The van der Waals surface area contributed by atoms with Crippen LogP contribution in [0.1, 0.15) is 82.6 Å². The van der Waals surface area contributed by atoms with E-state index < -0.39 is 5.60 Å². The normalized spacial score (nSPS) is 28.9. The molecule has 26 heavy (non-hydrogen) atoms. The number of benzene rings is 1. The Bertz CT molecular complexity index is 494. The Kier molecular flexibility index (Phi) is 8.01. The van der Waals surface area contributed by atoms with E-state index in [2.05, 4.69) is 35.2 Å². The van der Waals surface area contributed by atoms with Gasteiger partial charge in [0.05, 0.1) is 5.60 Å². The van der Waals surface area contributed by atoms with Crippen molar-refractivity contribution in [3.05, 3.63) is 35.9 Å². The summed E-state index contributed by atoms with van der Waals surface area (Å²) in [6, 6.07) is 10.8. The summed E-state index contributed by atoms with van der Waals surface area (Å²) in [5, 5.41) is 11.7. The zero-order valence-corrected chi connectivity index (χ0v) is 16.7. The average molecular weight is 358 g/mol. The molecule has 1 saturated heterocycles. The van der Waals surface area contributed by atoms with E-state index in [4.69, 9.17) is 0 Å². The summed E-state index contributed by atoms with van der Waals surface area (Å²) >= 11 is 0. The van der Waals surface area contributed by atoms with E-state index in [0.29, 0.717) is 5.92 Å². The highest BCUT2D eigenvalue weighted by Crippen LogP contribution is 2.36. The van der Waals surface area contributed by atoms with Crippen LogP contribution in [0.5, 0.6) is 0 Å². The Morgan fingerprint density at radius 3 is 2.35 bits per heavy atom. The van der Waals surface area contributed by atoms with Crippen molar-refractivity contribution in [1.82, 2.24) is 4.90 Å². The van der Waals surface area contributed by atoms with E-state index in [1.165, 1.54) is 76.4 Å². The highest BCUT2D eigenvalue weighted by Gasteiger charge is 2.37. The van der Waals surface area contributed by atoms with Crippen LogP contribution in [-0.2, 0) is 6.42 Å². The van der Waals surface area contributed by atoms with Crippen molar-refractivity contribution >= 4 is 0 Å². The van der Waals surface area contributed by atoms with Crippen molar-refractivity contribution in [2.24, 2.45) is 5.92 Å². The highest BCUT2D eigenvalue weighted by atomic mass is 16.3. The van der Waals surface area contributed by atoms with Crippen LogP contribution in [0.3, 0.4) is 0 Å². The van der Waals surface area contributed by atoms with Gasteiger partial charge in [-0.15, -0.1) is 0 Å². The molecule has 3 rings (SSSR count). The Labute approximate surface area is 161 Å². The molecule has 1 aromatic carbocycles. The summed E-state index contributed by atoms with van der Waals surface area (Å²) in [6.07, 6.45) is 16.1. The van der Waals surface area contributed by atoms with E-state index in [9.17, 15) is 5.11 Å². The van der Waals surface area contributed by atoms with Crippen molar-refractivity contribution in [2.75, 3.05) is 19.6 Å². The third kappa shape index (κ3) is 6.09. The molecule has 1 N–H and O–H groups in total. The first-order valence-electron chi connectivity index (χ1n) is 11.2. The van der Waals surface area contributed by atoms with Crippen molar-refractivity contribution < 1.29 is 5.11 Å². The number of likely N-dealkylation sites (tertiary alicyclic amines) is 1. The monoisotopic (exact) mass is 357 g/mol. The molecule has 1 saturated carbocycles. The molecule has 1 aromatic rings. The maximum absolute atomic E-state index is 11.7. The minimum atomic E-state index is -0.443. The first-order valence-corrected chi connectivity index (χ1v) is 11.2. The van der Waals surface area contributed by atoms with Crippen molar-refractivity contribution in [3.63, 3.8) is 0 Å². The van der Waals surface area contributed by atoms with Gasteiger partial charge in [0.2, 0.25) is 0 Å². The zero-order valence-electron chi connectivity index (χ0n) is 16.7. The summed E-state index contributed by atoms with van der Waals surface area (Å²) in [5.41, 5.74) is 0.965. The van der Waals surface area contributed by atoms with Crippen LogP contribution in [0.4, 0.5) is 0 Å². The number of rotatable bonds is 6. The molecule has 0 aromatic heterocycles. The topological polar surface area (TPSA) is 23.5 Å². The fraction of sp³-hybridized carbons (Fsp3) is 0.750. The molecule has 0 spiro atoms. The fourth-order valence-corrected chi connectivity index (χ4v) is 5.11. The van der Waals surface area contributed by atoms with Crippen LogP contribution in [0, 0.1) is 5.92 Å². The van der Waals surface area contributed by atoms with Crippen LogP contribution in [-0.4, -0.2) is 35.2 Å². The summed E-state index contributed by atoms with van der Waals surface area (Å²) in [4.78, 5) is 2.67. The first kappa shape index (κ1) is 19.9. The van der Waals surface area contributed by atoms with E-state index >= 15 is 0 Å². The molecule has 1 aliphatic heterocycles. The molecule has 2 unspecified atom stereocenters. The second kappa shape index (κ2) is 10.5. The predicted molar refractivity (Wildman–Crippen MR) is 110 cm³/mol. The number of hydrogen-bond donors (Lipinski definition) is 1. The molecule has 2 nitrogen and oxygen atoms in total. The zero-order chi connectivity index (χ0) is 18.1. The number of nitrogens with zero attached hydrogens (tertiary/aromatic N) is 1. The molecular formula is C24H39NO. The van der Waals surface area contributed by atoms with Gasteiger partial charge in [0.25, 0.3) is 0 Å². The van der Waals surface area contributed by atoms with E-state index in [-0.39, 0.29) is 0 Å². The van der Waals surface area contributed by atoms with E-state index in [0.717, 1.165) is 32.2 Å². The lowest BCUT2D eigenvalue weighted by atomic mass is 9.74. The predicted octanol–water partition coefficient (Wildman–Crippen LogP) is 5.59. The van der Waals surface area contributed by atoms with Gasteiger partial charge >= 0.3 is 0 Å². The number of aliphatic hydroxyl groups is 1. The number of aryl methyl sites for hydroxylation is 1. The van der Waals surface area contributed by atoms with E-state index in [1.54, 1.807) is 0 Å². The Hall–Kier alpha value is -0.860. The maximum Gasteiger partial charge on any atom is 0.0688 e. The van der Waals surface area contributed by atoms with Crippen molar-refractivity contribution in [3.8, 4) is 0 Å². The van der Waals surface area contributed by atoms with Gasteiger partial charge < -0.3 is 10.0 Å². The van der Waals surface area contributed by atoms with E-state index in [1.807, 2.05) is 0 Å². The Morgan fingerprint density at radius 1 is 0.885 bits per heavy atom. The Balaban J connectivity index is 1.59. The fourth-order valence-electron chi connectivity index (χ4n) is 5.11. The second-order valence-electron chi connectivity index (χ2n) is 8.81. The van der Waals surface area contributed by atoms with Gasteiger partial charge in [-0.3, -0.25) is 0 Å². The van der Waals surface area contributed by atoms with Gasteiger partial charge in [-0.05, 0) is 63.6 Å². The van der Waals surface area contributed by atoms with Crippen molar-refractivity contribution in [1.29, 1.82) is 0 Å². The third-order valence-corrected chi connectivity index (χ3v) is 6.77. The standard InChI is InChI=1S/C24H39NO/c26-24(18-12-15-22-13-6-5-7-14-22)17-9-2-1-8-16-23(24)21-25-19-10-3-4-11-20-25/h5-7,13-14,23,26H,1-4,8-12,15-21H2. The molecule has 2 aliphatic rings. The van der Waals surface area contributed by atoms with Gasteiger partial charge in [-0.2, -0.15) is 0 Å². The minimum Gasteiger partial charge on any atom is -0.390 e. The molecule has 2 heteroatoms. The van der Waals surface area contributed by atoms with Crippen LogP contribution < -0.4 is 0 Å². The quantitative estimate of drug-likeness (QED) is 0.717. The molecule has 146 valence electrons. The highest BCUT2D eigenvalue weighted by molar-refractivity contribution is 5.14. The Morgan fingerprint density at radius 2 is 1.58 bits per heavy atom. The summed E-state index contributed by atoms with van der Waals surface area (Å²) < 4.78 is 0. The summed E-state index contributed by atoms with van der Waals surface area (Å²) in [5.74, 6) is 0.469. The summed E-state index contributed by atoms with van der Waals surface area (Å²) in [6.45, 7) is 3.62. The summed E-state index contributed by atoms with van der Waals surface area (Å²) in [7, 11) is 0. The van der Waals surface area contributed by atoms with Crippen molar-refractivity contribution in [2.45, 2.75) is 89.1 Å². The average Bonchev–Trinajstić information content (AvgIpc) is 2.92. The molecule has 2 fully saturated rings. The SMILES string of the molecule is OC1(CCCc2ccccc2)CCCCCCC1CN1CCCCCC1. The third-order valence-electron chi connectivity index (χ3n) is 6.77. The van der Waals surface area contributed by atoms with Crippen LogP contribution >= 0.6 is 0 Å². The molecule has 1 aliphatic carbocycles. The van der Waals surface area contributed by atoms with Gasteiger partial charge in [-0.25, -0.2) is 0 Å². The molecule has 1 heterocycles. The maximum atomic E-state index is 11.7. The lowest BCUT2D eigenvalue weighted by Crippen LogP contribution is -2.45. The first-order chi connectivity index (χ1) is 12.8. The number of hydrogen-bond acceptors (Lipinski definition) is 2. The lowest BCUT2D eigenvalue weighted by molar-refractivity contribution is -0.0557. The van der Waals surface area contributed by atoms with Gasteiger partial charge in [0.15, 0.2) is 0 Å². The van der Waals surface area contributed by atoms with Gasteiger partial charge in [0, 0.05) is 12.5 Å². The van der Waals surface area contributed by atoms with Gasteiger partial charge in [-0.1, -0.05) is 68.9 Å². The largest absolute Gasteiger partial charge is 0.390 e. The lowest BCUT2D eigenvalue weighted by Gasteiger charge is -2.41. The smallest absolute Gasteiger partial charge is 0.0688 e. The molecule has 0 amide bonds. The molecular weight excluding hydrogens is 318 g/mol. The van der Waals surface area contributed by atoms with Crippen LogP contribution in [0.2, 0.25) is 0 Å². The molecule has 0 bridgehead atoms. The van der Waals surface area contributed by atoms with Gasteiger partial charge in [0.1, 0.15) is 0 Å². The minimum absolute atomic E-state index is 0.443. The second-order valence-corrected chi connectivity index (χ2v) is 8.81.